The Morgan fingerprint density at radius 2 is 1.76 bits per heavy atom. The van der Waals surface area contributed by atoms with Crippen LogP contribution < -0.4 is 4.89 Å². The molecule has 118 valence electrons. The van der Waals surface area contributed by atoms with Crippen LogP contribution >= 0.6 is 0 Å². The topological polar surface area (TPSA) is 35.5 Å². The number of hydrogen-bond donors (Lipinski definition) is 0. The Kier molecular flexibility index (Phi) is 9.55. The number of unbranched alkanes of at least 4 members (excludes halogenated alkanes) is 6. The van der Waals surface area contributed by atoms with Crippen molar-refractivity contribution in [1.29, 1.82) is 0 Å². The molecule has 21 heavy (non-hydrogen) atoms. The Balaban J connectivity index is 0.00000106. The van der Waals surface area contributed by atoms with Crippen molar-refractivity contribution in [2.45, 2.75) is 64.7 Å². The van der Waals surface area contributed by atoms with Gasteiger partial charge in [0.1, 0.15) is 6.79 Å². The lowest BCUT2D eigenvalue weighted by atomic mass is 9.98. The second-order valence-corrected chi connectivity index (χ2v) is 5.42. The molecule has 0 amide bonds. The van der Waals surface area contributed by atoms with Crippen molar-refractivity contribution in [3.8, 4) is 5.75 Å². The zero-order valence-corrected chi connectivity index (χ0v) is 13.2. The van der Waals surface area contributed by atoms with E-state index in [1.165, 1.54) is 56.1 Å². The number of benzene rings is 1. The van der Waals surface area contributed by atoms with Crippen molar-refractivity contribution < 1.29 is 14.6 Å². The minimum absolute atomic E-state index is 0.664. The smallest absolute Gasteiger partial charge is 0.168 e. The number of carbonyl (C=O) groups excluding carboxylic acids is 1. The molecule has 0 aliphatic carbocycles. The standard InChI is InChI=1S/C17H26O2.CH2O/c1-2-3-4-5-6-7-8-11-16-15-10-9-12-17(16)19-18-14-13-15;1-2/h9-10,12H,2-8,11,13-14H2,1H3;1H2. The van der Waals surface area contributed by atoms with Gasteiger partial charge in [-0.1, -0.05) is 57.6 Å². The summed E-state index contributed by atoms with van der Waals surface area (Å²) in [5.41, 5.74) is 2.77. The van der Waals surface area contributed by atoms with Crippen LogP contribution in [0.1, 0.15) is 63.0 Å². The molecule has 1 aliphatic rings. The summed E-state index contributed by atoms with van der Waals surface area (Å²) >= 11 is 0. The molecular weight excluding hydrogens is 264 g/mol. The lowest BCUT2D eigenvalue weighted by Gasteiger charge is -2.09. The van der Waals surface area contributed by atoms with E-state index in [9.17, 15) is 0 Å². The summed E-state index contributed by atoms with van der Waals surface area (Å²) in [5, 5.41) is 0. The molecule has 1 heterocycles. The molecule has 0 N–H and O–H groups in total. The summed E-state index contributed by atoms with van der Waals surface area (Å²) in [6.45, 7) is 4.93. The maximum atomic E-state index is 8.00. The summed E-state index contributed by atoms with van der Waals surface area (Å²) in [7, 11) is 0. The second kappa shape index (κ2) is 11.3. The highest BCUT2D eigenvalue weighted by atomic mass is 17.2. The number of fused-ring (bicyclic) bond motifs is 2. The SMILES string of the molecule is C=O.CCCCCCCCCc1c2cccc1OOCC2. The van der Waals surface area contributed by atoms with Crippen LogP contribution in [-0.4, -0.2) is 13.4 Å². The third kappa shape index (κ3) is 6.30. The van der Waals surface area contributed by atoms with Gasteiger partial charge in [0.15, 0.2) is 5.75 Å². The van der Waals surface area contributed by atoms with Crippen LogP contribution in [0.25, 0.3) is 0 Å². The van der Waals surface area contributed by atoms with E-state index in [1.807, 2.05) is 12.9 Å². The summed E-state index contributed by atoms with van der Waals surface area (Å²) in [5.74, 6) is 0.931. The van der Waals surface area contributed by atoms with Crippen molar-refractivity contribution >= 4 is 6.79 Å². The lowest BCUT2D eigenvalue weighted by molar-refractivity contribution is -0.203. The molecule has 1 aliphatic heterocycles. The highest BCUT2D eigenvalue weighted by Gasteiger charge is 2.13. The second-order valence-electron chi connectivity index (χ2n) is 5.42. The van der Waals surface area contributed by atoms with Crippen molar-refractivity contribution in [2.75, 3.05) is 6.61 Å². The van der Waals surface area contributed by atoms with E-state index in [4.69, 9.17) is 14.6 Å². The molecule has 0 radical (unpaired) electrons. The van der Waals surface area contributed by atoms with Crippen molar-refractivity contribution in [1.82, 2.24) is 0 Å². The van der Waals surface area contributed by atoms with Crippen LogP contribution in [0.2, 0.25) is 0 Å². The molecule has 1 aromatic carbocycles. The van der Waals surface area contributed by atoms with Gasteiger partial charge in [0.05, 0.1) is 6.61 Å². The summed E-state index contributed by atoms with van der Waals surface area (Å²) in [6.07, 6.45) is 11.6. The monoisotopic (exact) mass is 292 g/mol. The normalized spacial score (nSPS) is 12.8. The molecule has 0 aromatic heterocycles. The average Bonchev–Trinajstić information content (AvgIpc) is 2.64. The molecule has 1 aromatic rings. The Hall–Kier alpha value is -1.35. The molecule has 3 heteroatoms. The fraction of sp³-hybridized carbons (Fsp3) is 0.611. The first-order valence-electron chi connectivity index (χ1n) is 8.11. The number of carbonyl (C=O) groups is 1. The van der Waals surface area contributed by atoms with Gasteiger partial charge in [0, 0.05) is 12.0 Å². The lowest BCUT2D eigenvalue weighted by Crippen LogP contribution is -1.96. The highest BCUT2D eigenvalue weighted by Crippen LogP contribution is 2.27. The van der Waals surface area contributed by atoms with E-state index < -0.39 is 0 Å². The number of hydrogen-bond acceptors (Lipinski definition) is 3. The molecule has 0 atom stereocenters. The van der Waals surface area contributed by atoms with E-state index >= 15 is 0 Å². The van der Waals surface area contributed by atoms with Crippen LogP contribution in [0, 0.1) is 0 Å². The Labute approximate surface area is 128 Å². The van der Waals surface area contributed by atoms with Crippen LogP contribution in [0.15, 0.2) is 18.2 Å². The van der Waals surface area contributed by atoms with E-state index in [-0.39, 0.29) is 0 Å². The first kappa shape index (κ1) is 17.7. The van der Waals surface area contributed by atoms with Crippen LogP contribution in [0.3, 0.4) is 0 Å². The molecule has 0 saturated heterocycles. The molecule has 2 bridgehead atoms. The van der Waals surface area contributed by atoms with Crippen molar-refractivity contribution in [3.05, 3.63) is 29.3 Å². The zero-order valence-electron chi connectivity index (χ0n) is 13.2. The van der Waals surface area contributed by atoms with Crippen LogP contribution in [0.5, 0.6) is 5.75 Å². The van der Waals surface area contributed by atoms with Gasteiger partial charge in [0.25, 0.3) is 0 Å². The van der Waals surface area contributed by atoms with Crippen LogP contribution in [0.4, 0.5) is 0 Å². The van der Waals surface area contributed by atoms with Gasteiger partial charge in [-0.3, -0.25) is 0 Å². The number of rotatable bonds is 8. The van der Waals surface area contributed by atoms with E-state index in [0.717, 1.165) is 18.6 Å². The molecule has 0 fully saturated rings. The first-order chi connectivity index (χ1) is 10.4. The maximum absolute atomic E-state index is 8.00. The van der Waals surface area contributed by atoms with Gasteiger partial charge in [-0.05, 0) is 24.5 Å². The Morgan fingerprint density at radius 1 is 1.05 bits per heavy atom. The predicted molar refractivity (Wildman–Crippen MR) is 85.5 cm³/mol. The van der Waals surface area contributed by atoms with E-state index in [2.05, 4.69) is 19.1 Å². The molecular formula is C18H28O3. The van der Waals surface area contributed by atoms with Crippen molar-refractivity contribution in [2.24, 2.45) is 0 Å². The van der Waals surface area contributed by atoms with Gasteiger partial charge < -0.3 is 9.68 Å². The van der Waals surface area contributed by atoms with Gasteiger partial charge in [-0.25, -0.2) is 0 Å². The molecule has 0 unspecified atom stereocenters. The van der Waals surface area contributed by atoms with Crippen LogP contribution in [-0.2, 0) is 22.5 Å². The van der Waals surface area contributed by atoms with Gasteiger partial charge in [-0.2, -0.15) is 4.89 Å². The maximum Gasteiger partial charge on any atom is 0.168 e. The minimum Gasteiger partial charge on any atom is -0.337 e. The average molecular weight is 292 g/mol. The first-order valence-corrected chi connectivity index (χ1v) is 8.11. The fourth-order valence-corrected chi connectivity index (χ4v) is 2.72. The molecule has 0 saturated carbocycles. The largest absolute Gasteiger partial charge is 0.337 e. The van der Waals surface area contributed by atoms with Crippen molar-refractivity contribution in [3.63, 3.8) is 0 Å². The van der Waals surface area contributed by atoms with E-state index in [0.29, 0.717) is 6.61 Å². The zero-order chi connectivity index (χ0) is 15.3. The highest BCUT2D eigenvalue weighted by molar-refractivity contribution is 5.40. The van der Waals surface area contributed by atoms with Gasteiger partial charge >= 0.3 is 0 Å². The quantitative estimate of drug-likeness (QED) is 0.516. The molecule has 3 nitrogen and oxygen atoms in total. The summed E-state index contributed by atoms with van der Waals surface area (Å²) < 4.78 is 0. The van der Waals surface area contributed by atoms with E-state index in [1.54, 1.807) is 0 Å². The third-order valence-corrected chi connectivity index (χ3v) is 3.86. The predicted octanol–water partition coefficient (Wildman–Crippen LogP) is 4.66. The summed E-state index contributed by atoms with van der Waals surface area (Å²) in [6, 6.07) is 6.29. The Morgan fingerprint density at radius 3 is 2.52 bits per heavy atom. The fourth-order valence-electron chi connectivity index (χ4n) is 2.72. The van der Waals surface area contributed by atoms with Gasteiger partial charge in [-0.15, -0.1) is 0 Å². The molecule has 0 spiro atoms. The minimum atomic E-state index is 0.664. The van der Waals surface area contributed by atoms with Gasteiger partial charge in [0.2, 0.25) is 0 Å². The summed E-state index contributed by atoms with van der Waals surface area (Å²) in [4.78, 5) is 18.5. The third-order valence-electron chi connectivity index (χ3n) is 3.86. The molecule has 2 rings (SSSR count). The Bertz CT molecular complexity index is 366.